The Hall–Kier alpha value is 0. The zero-order chi connectivity index (χ0) is 6.97. The van der Waals surface area contributed by atoms with E-state index < -0.39 is 0 Å². The normalized spacial score (nSPS) is 43.5. The van der Waals surface area contributed by atoms with Crippen LogP contribution in [-0.2, 0) is 0 Å². The van der Waals surface area contributed by atoms with Gasteiger partial charge in [-0.15, -0.1) is 0 Å². The van der Waals surface area contributed by atoms with E-state index in [1.165, 1.54) is 31.1 Å². The Labute approximate surface area is 64.0 Å². The van der Waals surface area contributed by atoms with Crippen molar-refractivity contribution in [3.63, 3.8) is 0 Å². The van der Waals surface area contributed by atoms with E-state index in [1.54, 1.807) is 19.3 Å². The highest BCUT2D eigenvalue weighted by atomic mass is 14.5. The van der Waals surface area contributed by atoms with Crippen LogP contribution in [-0.4, -0.2) is 0 Å². The highest BCUT2D eigenvalue weighted by Gasteiger charge is 2.45. The van der Waals surface area contributed by atoms with Crippen molar-refractivity contribution in [3.05, 3.63) is 0 Å². The van der Waals surface area contributed by atoms with Crippen LogP contribution in [0.15, 0.2) is 0 Å². The smallest absolute Gasteiger partial charge is 0.0380 e. The number of rotatable bonds is 3. The summed E-state index contributed by atoms with van der Waals surface area (Å²) in [6.45, 7) is 2.30. The molecule has 0 nitrogen and oxygen atoms in total. The summed E-state index contributed by atoms with van der Waals surface area (Å²) in [6.07, 6.45) is 9.16. The van der Waals surface area contributed by atoms with Gasteiger partial charge in [0.2, 0.25) is 0 Å². The van der Waals surface area contributed by atoms with Crippen molar-refractivity contribution in [2.45, 2.75) is 45.4 Å². The molecule has 2 rings (SSSR count). The summed E-state index contributed by atoms with van der Waals surface area (Å²) >= 11 is 0. The first-order valence-electron chi connectivity index (χ1n) is 4.90. The Kier molecular flexibility index (Phi) is 1.71. The van der Waals surface area contributed by atoms with Gasteiger partial charge in [0, 0.05) is 0 Å². The molecule has 0 heteroatoms. The Morgan fingerprint density at radius 3 is 2.40 bits per heavy atom. The van der Waals surface area contributed by atoms with Crippen molar-refractivity contribution in [2.24, 2.45) is 17.8 Å². The van der Waals surface area contributed by atoms with E-state index in [0.717, 1.165) is 5.92 Å². The minimum absolute atomic E-state index is 1.14. The second kappa shape index (κ2) is 2.56. The predicted molar refractivity (Wildman–Crippen MR) is 43.8 cm³/mol. The second-order valence-electron chi connectivity index (χ2n) is 4.24. The van der Waals surface area contributed by atoms with Gasteiger partial charge in [0.05, 0.1) is 0 Å². The molecule has 0 bridgehead atoms. The minimum Gasteiger partial charge on any atom is -0.0654 e. The van der Waals surface area contributed by atoms with Crippen molar-refractivity contribution >= 4 is 0 Å². The van der Waals surface area contributed by atoms with Gasteiger partial charge in [-0.1, -0.05) is 26.2 Å². The molecule has 0 spiro atoms. The van der Waals surface area contributed by atoms with Crippen LogP contribution in [0.25, 0.3) is 0 Å². The van der Waals surface area contributed by atoms with E-state index in [-0.39, 0.29) is 0 Å². The minimum atomic E-state index is 1.14. The van der Waals surface area contributed by atoms with Crippen molar-refractivity contribution in [1.82, 2.24) is 0 Å². The molecular formula is C10H18. The van der Waals surface area contributed by atoms with E-state index in [4.69, 9.17) is 0 Å². The highest BCUT2D eigenvalue weighted by Crippen LogP contribution is 2.55. The molecule has 10 heavy (non-hydrogen) atoms. The standard InChI is InChI=1S/C10H18/c1-2-3-4-8-5-9-7-10(9)6-8/h8-10H,2-7H2,1H3. The van der Waals surface area contributed by atoms with Gasteiger partial charge in [0.15, 0.2) is 0 Å². The van der Waals surface area contributed by atoms with Gasteiger partial charge in [0.25, 0.3) is 0 Å². The molecule has 0 aromatic carbocycles. The third-order valence-corrected chi connectivity index (χ3v) is 3.31. The molecule has 0 aliphatic heterocycles. The molecule has 2 unspecified atom stereocenters. The van der Waals surface area contributed by atoms with E-state index in [1.807, 2.05) is 0 Å². The fraction of sp³-hybridized carbons (Fsp3) is 1.00. The molecule has 0 aromatic rings. The lowest BCUT2D eigenvalue weighted by Gasteiger charge is -2.09. The molecule has 2 fully saturated rings. The van der Waals surface area contributed by atoms with Crippen LogP contribution in [0.5, 0.6) is 0 Å². The summed E-state index contributed by atoms with van der Waals surface area (Å²) in [5.74, 6) is 3.53. The van der Waals surface area contributed by atoms with Crippen LogP contribution in [0.3, 0.4) is 0 Å². The summed E-state index contributed by atoms with van der Waals surface area (Å²) in [5.41, 5.74) is 0. The van der Waals surface area contributed by atoms with E-state index in [2.05, 4.69) is 6.92 Å². The average Bonchev–Trinajstić information content (AvgIpc) is 2.56. The maximum Gasteiger partial charge on any atom is -0.0380 e. The molecule has 0 amide bonds. The number of fused-ring (bicyclic) bond motifs is 1. The van der Waals surface area contributed by atoms with Crippen molar-refractivity contribution in [3.8, 4) is 0 Å². The lowest BCUT2D eigenvalue weighted by atomic mass is 9.97. The third-order valence-electron chi connectivity index (χ3n) is 3.31. The van der Waals surface area contributed by atoms with Crippen LogP contribution in [0, 0.1) is 17.8 Å². The summed E-state index contributed by atoms with van der Waals surface area (Å²) < 4.78 is 0. The maximum absolute atomic E-state index is 2.30. The van der Waals surface area contributed by atoms with Crippen molar-refractivity contribution in [1.29, 1.82) is 0 Å². The fourth-order valence-electron chi connectivity index (χ4n) is 2.57. The van der Waals surface area contributed by atoms with Gasteiger partial charge in [-0.25, -0.2) is 0 Å². The van der Waals surface area contributed by atoms with Gasteiger partial charge in [-0.2, -0.15) is 0 Å². The molecule has 2 aliphatic carbocycles. The van der Waals surface area contributed by atoms with Crippen LogP contribution < -0.4 is 0 Å². The third kappa shape index (κ3) is 1.21. The Balaban J connectivity index is 1.66. The molecule has 2 saturated carbocycles. The molecule has 2 aliphatic rings. The maximum atomic E-state index is 2.30. The molecule has 2 atom stereocenters. The average molecular weight is 138 g/mol. The summed E-state index contributed by atoms with van der Waals surface area (Å²) in [7, 11) is 0. The summed E-state index contributed by atoms with van der Waals surface area (Å²) in [4.78, 5) is 0. The van der Waals surface area contributed by atoms with Gasteiger partial charge in [-0.05, 0) is 37.0 Å². The SMILES string of the molecule is CCCCC1CC2CC2C1. The van der Waals surface area contributed by atoms with Crippen LogP contribution in [0.1, 0.15) is 45.4 Å². The molecule has 58 valence electrons. The fourth-order valence-corrected chi connectivity index (χ4v) is 2.57. The summed E-state index contributed by atoms with van der Waals surface area (Å²) in [5, 5.41) is 0. The largest absolute Gasteiger partial charge is 0.0654 e. The van der Waals surface area contributed by atoms with Crippen LogP contribution in [0.2, 0.25) is 0 Å². The van der Waals surface area contributed by atoms with Gasteiger partial charge in [0.1, 0.15) is 0 Å². The van der Waals surface area contributed by atoms with Crippen LogP contribution >= 0.6 is 0 Å². The number of hydrogen-bond donors (Lipinski definition) is 0. The molecular weight excluding hydrogens is 120 g/mol. The van der Waals surface area contributed by atoms with E-state index in [9.17, 15) is 0 Å². The predicted octanol–water partition coefficient (Wildman–Crippen LogP) is 3.22. The quantitative estimate of drug-likeness (QED) is 0.561. The highest BCUT2D eigenvalue weighted by molar-refractivity contribution is 4.95. The van der Waals surface area contributed by atoms with Crippen molar-refractivity contribution < 1.29 is 0 Å². The first-order chi connectivity index (χ1) is 4.90. The van der Waals surface area contributed by atoms with Gasteiger partial charge < -0.3 is 0 Å². The zero-order valence-corrected chi connectivity index (χ0v) is 6.97. The van der Waals surface area contributed by atoms with E-state index in [0.29, 0.717) is 0 Å². The van der Waals surface area contributed by atoms with Gasteiger partial charge in [-0.3, -0.25) is 0 Å². The first kappa shape index (κ1) is 6.69. The monoisotopic (exact) mass is 138 g/mol. The molecule has 0 radical (unpaired) electrons. The molecule has 0 aromatic heterocycles. The molecule has 0 heterocycles. The first-order valence-corrected chi connectivity index (χ1v) is 4.90. The molecule has 0 N–H and O–H groups in total. The number of hydrogen-bond acceptors (Lipinski definition) is 0. The zero-order valence-electron chi connectivity index (χ0n) is 6.97. The Bertz CT molecular complexity index is 107. The topological polar surface area (TPSA) is 0 Å². The molecule has 0 saturated heterocycles. The number of unbranched alkanes of at least 4 members (excludes halogenated alkanes) is 1. The Morgan fingerprint density at radius 1 is 1.10 bits per heavy atom. The van der Waals surface area contributed by atoms with E-state index >= 15 is 0 Å². The second-order valence-corrected chi connectivity index (χ2v) is 4.24. The lowest BCUT2D eigenvalue weighted by Crippen LogP contribution is -1.95. The van der Waals surface area contributed by atoms with Crippen molar-refractivity contribution in [2.75, 3.05) is 0 Å². The van der Waals surface area contributed by atoms with Crippen LogP contribution in [0.4, 0.5) is 0 Å². The summed E-state index contributed by atoms with van der Waals surface area (Å²) in [6, 6.07) is 0. The lowest BCUT2D eigenvalue weighted by molar-refractivity contribution is 0.436. The Morgan fingerprint density at radius 2 is 1.80 bits per heavy atom. The van der Waals surface area contributed by atoms with Gasteiger partial charge >= 0.3 is 0 Å².